The monoisotopic (exact) mass is 340 g/mol. The Bertz CT molecular complexity index is 829. The Labute approximate surface area is 146 Å². The maximum Gasteiger partial charge on any atom is 0.0651 e. The van der Waals surface area contributed by atoms with Gasteiger partial charge < -0.3 is 5.32 Å². The van der Waals surface area contributed by atoms with Crippen LogP contribution < -0.4 is 5.32 Å². The number of halogens is 1. The van der Waals surface area contributed by atoms with E-state index in [0.29, 0.717) is 6.04 Å². The number of nitrogens with one attached hydrogen (secondary N) is 2. The first kappa shape index (κ1) is 15.5. The van der Waals surface area contributed by atoms with Crippen molar-refractivity contribution < 1.29 is 0 Å². The van der Waals surface area contributed by atoms with Crippen LogP contribution in [-0.2, 0) is 6.54 Å². The summed E-state index contributed by atoms with van der Waals surface area (Å²) in [4.78, 5) is 2.50. The summed E-state index contributed by atoms with van der Waals surface area (Å²) < 4.78 is 0. The Morgan fingerprint density at radius 1 is 1.25 bits per heavy atom. The zero-order valence-electron chi connectivity index (χ0n) is 13.5. The lowest BCUT2D eigenvalue weighted by Gasteiger charge is -2.33. The van der Waals surface area contributed by atoms with Crippen molar-refractivity contribution in [2.24, 2.45) is 0 Å². The van der Waals surface area contributed by atoms with Crippen LogP contribution in [0.25, 0.3) is 10.9 Å². The van der Waals surface area contributed by atoms with Gasteiger partial charge in [-0.25, -0.2) is 0 Å². The number of H-pyrrole nitrogens is 1. The normalized spacial score (nSPS) is 18.8. The van der Waals surface area contributed by atoms with Gasteiger partial charge in [-0.2, -0.15) is 5.10 Å². The van der Waals surface area contributed by atoms with Gasteiger partial charge in [-0.1, -0.05) is 23.7 Å². The fourth-order valence-electron chi connectivity index (χ4n) is 3.48. The number of nitrogens with zero attached hydrogens (tertiary/aromatic N) is 2. The van der Waals surface area contributed by atoms with Crippen LogP contribution in [-0.4, -0.2) is 34.2 Å². The van der Waals surface area contributed by atoms with Crippen molar-refractivity contribution in [1.82, 2.24) is 15.1 Å². The lowest BCUT2D eigenvalue weighted by atomic mass is 10.0. The van der Waals surface area contributed by atoms with Crippen LogP contribution in [0.3, 0.4) is 0 Å². The Balaban J connectivity index is 1.40. The summed E-state index contributed by atoms with van der Waals surface area (Å²) in [5, 5.41) is 12.7. The van der Waals surface area contributed by atoms with Crippen LogP contribution in [0.4, 0.5) is 5.69 Å². The molecule has 1 aliphatic rings. The SMILES string of the molecule is Clc1cccc(CN2CCC[C@@H](Nc3ccc4[nH]ncc4c3)C2)c1. The van der Waals surface area contributed by atoms with E-state index >= 15 is 0 Å². The highest BCUT2D eigenvalue weighted by molar-refractivity contribution is 6.30. The van der Waals surface area contributed by atoms with Gasteiger partial charge in [0, 0.05) is 35.2 Å². The highest BCUT2D eigenvalue weighted by atomic mass is 35.5. The Hall–Kier alpha value is -2.04. The van der Waals surface area contributed by atoms with Crippen molar-refractivity contribution in [3.8, 4) is 0 Å². The number of rotatable bonds is 4. The largest absolute Gasteiger partial charge is 0.381 e. The van der Waals surface area contributed by atoms with E-state index in [4.69, 9.17) is 11.6 Å². The van der Waals surface area contributed by atoms with Crippen molar-refractivity contribution in [2.45, 2.75) is 25.4 Å². The molecule has 2 aromatic carbocycles. The van der Waals surface area contributed by atoms with E-state index in [1.165, 1.54) is 24.1 Å². The molecule has 5 heteroatoms. The molecule has 2 heterocycles. The molecular weight excluding hydrogens is 320 g/mol. The van der Waals surface area contributed by atoms with Gasteiger partial charge in [0.25, 0.3) is 0 Å². The second-order valence-corrected chi connectivity index (χ2v) is 6.96. The van der Waals surface area contributed by atoms with Crippen LogP contribution in [0.15, 0.2) is 48.7 Å². The first-order valence-electron chi connectivity index (χ1n) is 8.43. The van der Waals surface area contributed by atoms with Gasteiger partial charge >= 0.3 is 0 Å². The minimum atomic E-state index is 0.474. The molecule has 124 valence electrons. The third-order valence-corrected chi connectivity index (χ3v) is 4.85. The molecule has 1 fully saturated rings. The molecule has 0 radical (unpaired) electrons. The number of aromatic amines is 1. The standard InChI is InChI=1S/C19H21ClN4/c20-16-4-1-3-14(9-16)12-24-8-2-5-18(13-24)22-17-6-7-19-15(10-17)11-21-23-19/h1,3-4,6-7,9-11,18,22H,2,5,8,12-13H2,(H,21,23)/t18-/m1/s1. The molecule has 1 atom stereocenters. The van der Waals surface area contributed by atoms with E-state index in [1.807, 2.05) is 18.3 Å². The van der Waals surface area contributed by atoms with Gasteiger partial charge in [0.05, 0.1) is 11.7 Å². The molecule has 0 saturated carbocycles. The fraction of sp³-hybridized carbons (Fsp3) is 0.316. The summed E-state index contributed by atoms with van der Waals surface area (Å²) in [6.45, 7) is 3.15. The molecule has 0 amide bonds. The van der Waals surface area contributed by atoms with Gasteiger partial charge in [0.15, 0.2) is 0 Å². The van der Waals surface area contributed by atoms with Gasteiger partial charge in [-0.05, 0) is 55.3 Å². The molecule has 1 aliphatic heterocycles. The summed E-state index contributed by atoms with van der Waals surface area (Å²) in [6, 6.07) is 15.0. The molecule has 3 aromatic rings. The first-order chi connectivity index (χ1) is 11.8. The van der Waals surface area contributed by atoms with Crippen molar-refractivity contribution in [3.05, 3.63) is 59.2 Å². The number of aromatic nitrogens is 2. The first-order valence-corrected chi connectivity index (χ1v) is 8.80. The maximum atomic E-state index is 6.10. The fourth-order valence-corrected chi connectivity index (χ4v) is 3.69. The molecule has 1 saturated heterocycles. The Kier molecular flexibility index (Phi) is 4.41. The zero-order chi connectivity index (χ0) is 16.4. The lowest BCUT2D eigenvalue weighted by Crippen LogP contribution is -2.41. The molecule has 24 heavy (non-hydrogen) atoms. The van der Waals surface area contributed by atoms with Gasteiger partial charge in [0.2, 0.25) is 0 Å². The number of anilines is 1. The van der Waals surface area contributed by atoms with Crippen LogP contribution in [0.2, 0.25) is 5.02 Å². The minimum Gasteiger partial charge on any atom is -0.381 e. The third-order valence-electron chi connectivity index (χ3n) is 4.61. The summed E-state index contributed by atoms with van der Waals surface area (Å²) in [7, 11) is 0. The predicted octanol–water partition coefficient (Wildman–Crippen LogP) is 4.29. The van der Waals surface area contributed by atoms with Crippen molar-refractivity contribution >= 4 is 28.2 Å². The molecule has 0 unspecified atom stereocenters. The van der Waals surface area contributed by atoms with Gasteiger partial charge in [-0.3, -0.25) is 10.00 Å². The number of hydrogen-bond donors (Lipinski definition) is 2. The Morgan fingerprint density at radius 3 is 3.12 bits per heavy atom. The topological polar surface area (TPSA) is 44.0 Å². The van der Waals surface area contributed by atoms with Crippen molar-refractivity contribution in [3.63, 3.8) is 0 Å². The van der Waals surface area contributed by atoms with E-state index in [1.54, 1.807) is 0 Å². The highest BCUT2D eigenvalue weighted by Crippen LogP contribution is 2.21. The number of fused-ring (bicyclic) bond motifs is 1. The smallest absolute Gasteiger partial charge is 0.0651 e. The molecular formula is C19H21ClN4. The van der Waals surface area contributed by atoms with E-state index in [-0.39, 0.29) is 0 Å². The third kappa shape index (κ3) is 3.55. The average molecular weight is 341 g/mol. The van der Waals surface area contributed by atoms with Gasteiger partial charge in [-0.15, -0.1) is 0 Å². The molecule has 0 spiro atoms. The zero-order valence-corrected chi connectivity index (χ0v) is 14.3. The number of benzene rings is 2. The minimum absolute atomic E-state index is 0.474. The van der Waals surface area contributed by atoms with Crippen LogP contribution in [0.5, 0.6) is 0 Å². The quantitative estimate of drug-likeness (QED) is 0.744. The summed E-state index contributed by atoms with van der Waals surface area (Å²) in [6.07, 6.45) is 4.29. The van der Waals surface area contributed by atoms with Crippen LogP contribution in [0.1, 0.15) is 18.4 Å². The summed E-state index contributed by atoms with van der Waals surface area (Å²) >= 11 is 6.10. The van der Waals surface area contributed by atoms with Crippen LogP contribution >= 0.6 is 11.6 Å². The molecule has 4 nitrogen and oxygen atoms in total. The number of hydrogen-bond acceptors (Lipinski definition) is 3. The Morgan fingerprint density at radius 2 is 2.21 bits per heavy atom. The summed E-state index contributed by atoms with van der Waals surface area (Å²) in [5.74, 6) is 0. The second-order valence-electron chi connectivity index (χ2n) is 6.52. The van der Waals surface area contributed by atoms with Crippen LogP contribution in [0, 0.1) is 0 Å². The molecule has 1 aromatic heterocycles. The second kappa shape index (κ2) is 6.83. The van der Waals surface area contributed by atoms with E-state index < -0.39 is 0 Å². The molecule has 0 aliphatic carbocycles. The predicted molar refractivity (Wildman–Crippen MR) is 99.5 cm³/mol. The number of piperidine rings is 1. The van der Waals surface area contributed by atoms with E-state index in [0.717, 1.165) is 35.6 Å². The van der Waals surface area contributed by atoms with E-state index in [9.17, 15) is 0 Å². The lowest BCUT2D eigenvalue weighted by molar-refractivity contribution is 0.208. The summed E-state index contributed by atoms with van der Waals surface area (Å²) in [5.41, 5.74) is 3.52. The van der Waals surface area contributed by atoms with Gasteiger partial charge in [0.1, 0.15) is 0 Å². The molecule has 0 bridgehead atoms. The average Bonchev–Trinajstić information content (AvgIpc) is 3.03. The maximum absolute atomic E-state index is 6.10. The molecule has 2 N–H and O–H groups in total. The highest BCUT2D eigenvalue weighted by Gasteiger charge is 2.20. The number of likely N-dealkylation sites (tertiary alicyclic amines) is 1. The molecule has 4 rings (SSSR count). The van der Waals surface area contributed by atoms with Crippen molar-refractivity contribution in [2.75, 3.05) is 18.4 Å². The van der Waals surface area contributed by atoms with Crippen molar-refractivity contribution in [1.29, 1.82) is 0 Å². The van der Waals surface area contributed by atoms with E-state index in [2.05, 4.69) is 50.7 Å².